The Morgan fingerprint density at radius 3 is 2.21 bits per heavy atom. The highest BCUT2D eigenvalue weighted by Crippen LogP contribution is 2.34. The Bertz CT molecular complexity index is 658. The van der Waals surface area contributed by atoms with Crippen molar-refractivity contribution in [1.82, 2.24) is 4.90 Å². The van der Waals surface area contributed by atoms with E-state index < -0.39 is 23.4 Å². The van der Waals surface area contributed by atoms with Crippen LogP contribution in [0.5, 0.6) is 0 Å². The van der Waals surface area contributed by atoms with Crippen LogP contribution >= 0.6 is 0 Å². The number of benzene rings is 1. The number of hydrogen-bond acceptors (Lipinski definition) is 7. The van der Waals surface area contributed by atoms with Gasteiger partial charge in [-0.25, -0.2) is 9.59 Å². The van der Waals surface area contributed by atoms with E-state index in [1.807, 2.05) is 0 Å². The van der Waals surface area contributed by atoms with Crippen LogP contribution in [0.25, 0.3) is 0 Å². The highest BCUT2D eigenvalue weighted by molar-refractivity contribution is 6.10. The number of likely N-dealkylation sites (tertiary alicyclic amines) is 1. The second-order valence-electron chi connectivity index (χ2n) is 6.32. The van der Waals surface area contributed by atoms with Gasteiger partial charge in [0.05, 0.1) is 19.3 Å². The molecule has 1 fully saturated rings. The van der Waals surface area contributed by atoms with Crippen LogP contribution in [0.4, 0.5) is 0 Å². The predicted molar refractivity (Wildman–Crippen MR) is 99.5 cm³/mol. The maximum absolute atomic E-state index is 13.3. The van der Waals surface area contributed by atoms with Crippen LogP contribution in [0.15, 0.2) is 30.3 Å². The zero-order valence-corrected chi connectivity index (χ0v) is 16.5. The number of nitrogens with zero attached hydrogens (tertiary/aromatic N) is 1. The van der Waals surface area contributed by atoms with Gasteiger partial charge in [-0.1, -0.05) is 18.2 Å². The maximum atomic E-state index is 13.3. The average Bonchev–Trinajstić information content (AvgIpc) is 2.72. The molecule has 0 spiro atoms. The molecule has 0 unspecified atom stereocenters. The molecular weight excluding hydrogens is 366 g/mol. The summed E-state index contributed by atoms with van der Waals surface area (Å²) in [4.78, 5) is 40.3. The normalized spacial score (nSPS) is 18.4. The molecule has 2 rings (SSSR count). The number of piperidine rings is 1. The summed E-state index contributed by atoms with van der Waals surface area (Å²) >= 11 is 0. The van der Waals surface area contributed by atoms with Gasteiger partial charge in [0.1, 0.15) is 6.79 Å². The smallest absolute Gasteiger partial charge is 0.343 e. The molecule has 1 saturated heterocycles. The van der Waals surface area contributed by atoms with Crippen LogP contribution in [0.1, 0.15) is 37.0 Å². The van der Waals surface area contributed by atoms with Crippen LogP contribution in [0, 0.1) is 0 Å². The van der Waals surface area contributed by atoms with Gasteiger partial charge in [-0.15, -0.1) is 0 Å². The number of esters is 2. The van der Waals surface area contributed by atoms with E-state index >= 15 is 0 Å². The van der Waals surface area contributed by atoms with Gasteiger partial charge in [-0.3, -0.25) is 4.79 Å². The molecule has 1 aliphatic rings. The van der Waals surface area contributed by atoms with E-state index in [0.717, 1.165) is 0 Å². The van der Waals surface area contributed by atoms with E-state index in [4.69, 9.17) is 18.9 Å². The Kier molecular flexibility index (Phi) is 7.95. The van der Waals surface area contributed by atoms with Crippen LogP contribution < -0.4 is 0 Å². The summed E-state index contributed by atoms with van der Waals surface area (Å²) in [5.74, 6) is -2.04. The van der Waals surface area contributed by atoms with Crippen LogP contribution in [-0.2, 0) is 28.5 Å². The molecule has 8 nitrogen and oxygen atoms in total. The number of ether oxygens (including phenoxy) is 4. The van der Waals surface area contributed by atoms with E-state index in [1.54, 1.807) is 44.2 Å². The van der Waals surface area contributed by atoms with Crippen molar-refractivity contribution >= 4 is 17.8 Å². The first-order valence-electron chi connectivity index (χ1n) is 9.33. The first kappa shape index (κ1) is 21.8. The van der Waals surface area contributed by atoms with Crippen molar-refractivity contribution < 1.29 is 33.3 Å². The molecule has 0 saturated carbocycles. The van der Waals surface area contributed by atoms with Crippen LogP contribution in [0.3, 0.4) is 0 Å². The van der Waals surface area contributed by atoms with E-state index in [1.165, 1.54) is 12.0 Å². The third-order valence-corrected chi connectivity index (χ3v) is 4.59. The summed E-state index contributed by atoms with van der Waals surface area (Å²) in [6.07, 6.45) is 0.0292. The number of hydrogen-bond donors (Lipinski definition) is 0. The summed E-state index contributed by atoms with van der Waals surface area (Å²) in [6.45, 7) is 3.54. The van der Waals surface area contributed by atoms with Gasteiger partial charge >= 0.3 is 11.9 Å². The fourth-order valence-electron chi connectivity index (χ4n) is 3.26. The van der Waals surface area contributed by atoms with Gasteiger partial charge in [-0.2, -0.15) is 0 Å². The quantitative estimate of drug-likeness (QED) is 0.378. The lowest BCUT2D eigenvalue weighted by atomic mass is 9.84. The van der Waals surface area contributed by atoms with Gasteiger partial charge in [0, 0.05) is 19.2 Å². The van der Waals surface area contributed by atoms with Gasteiger partial charge in [0.25, 0.3) is 5.91 Å². The van der Waals surface area contributed by atoms with Crippen molar-refractivity contribution in [2.75, 3.05) is 33.7 Å². The third-order valence-electron chi connectivity index (χ3n) is 4.59. The molecule has 0 aliphatic carbocycles. The van der Waals surface area contributed by atoms with Gasteiger partial charge in [0.15, 0.2) is 0 Å². The molecule has 1 aliphatic heterocycles. The molecule has 1 aromatic rings. The molecule has 28 heavy (non-hydrogen) atoms. The maximum Gasteiger partial charge on any atom is 0.343 e. The Morgan fingerprint density at radius 1 is 1.07 bits per heavy atom. The fourth-order valence-corrected chi connectivity index (χ4v) is 3.26. The van der Waals surface area contributed by atoms with Gasteiger partial charge in [-0.05, 0) is 38.8 Å². The van der Waals surface area contributed by atoms with Crippen molar-refractivity contribution in [2.24, 2.45) is 0 Å². The molecule has 0 aromatic heterocycles. The summed E-state index contributed by atoms with van der Waals surface area (Å²) in [7, 11) is 1.50. The SMILES string of the molecule is CCOC(=O)C1(C(=O)OCC)CC[C@H](OCOC)CN1C(=O)c1ccccc1. The van der Waals surface area contributed by atoms with E-state index in [0.29, 0.717) is 12.0 Å². The Labute approximate surface area is 164 Å². The number of carbonyl (C=O) groups excluding carboxylic acids is 3. The Hall–Kier alpha value is -2.45. The summed E-state index contributed by atoms with van der Waals surface area (Å²) < 4.78 is 20.9. The van der Waals surface area contributed by atoms with Crippen LogP contribution in [-0.4, -0.2) is 68.0 Å². The van der Waals surface area contributed by atoms with Crippen molar-refractivity contribution in [2.45, 2.75) is 38.3 Å². The largest absolute Gasteiger partial charge is 0.464 e. The summed E-state index contributed by atoms with van der Waals surface area (Å²) in [5.41, 5.74) is -1.49. The second kappa shape index (κ2) is 10.2. The Balaban J connectivity index is 2.47. The number of methoxy groups -OCH3 is 1. The standard InChI is InChI=1S/C20H27NO7/c1-4-26-18(23)20(19(24)27-5-2)12-11-16(28-14-25-3)13-21(20)17(22)15-9-7-6-8-10-15/h6-10,16H,4-5,11-14H2,1-3H3/t16-/m0/s1. The lowest BCUT2D eigenvalue weighted by Crippen LogP contribution is -2.67. The molecule has 0 bridgehead atoms. The number of amides is 1. The second-order valence-corrected chi connectivity index (χ2v) is 6.32. The monoisotopic (exact) mass is 393 g/mol. The highest BCUT2D eigenvalue weighted by atomic mass is 16.7. The van der Waals surface area contributed by atoms with E-state index in [9.17, 15) is 14.4 Å². The minimum absolute atomic E-state index is 0.0364. The third kappa shape index (κ3) is 4.51. The molecule has 0 N–H and O–H groups in total. The topological polar surface area (TPSA) is 91.4 Å². The Morgan fingerprint density at radius 2 is 1.68 bits per heavy atom. The van der Waals surface area contributed by atoms with Gasteiger partial charge < -0.3 is 23.8 Å². The number of rotatable bonds is 8. The highest BCUT2D eigenvalue weighted by Gasteiger charge is 2.58. The minimum atomic E-state index is -1.84. The molecule has 154 valence electrons. The van der Waals surface area contributed by atoms with E-state index in [2.05, 4.69) is 0 Å². The molecular formula is C20H27NO7. The summed E-state index contributed by atoms with van der Waals surface area (Å²) in [6, 6.07) is 8.46. The van der Waals surface area contributed by atoms with Crippen molar-refractivity contribution in [3.8, 4) is 0 Å². The fraction of sp³-hybridized carbons (Fsp3) is 0.550. The summed E-state index contributed by atoms with van der Waals surface area (Å²) in [5, 5.41) is 0. The first-order chi connectivity index (χ1) is 13.5. The zero-order chi connectivity index (χ0) is 20.6. The molecule has 8 heteroatoms. The molecule has 0 radical (unpaired) electrons. The van der Waals surface area contributed by atoms with Crippen molar-refractivity contribution in [3.63, 3.8) is 0 Å². The zero-order valence-electron chi connectivity index (χ0n) is 16.5. The lowest BCUT2D eigenvalue weighted by Gasteiger charge is -2.45. The van der Waals surface area contributed by atoms with Crippen molar-refractivity contribution in [1.29, 1.82) is 0 Å². The lowest BCUT2D eigenvalue weighted by molar-refractivity contribution is -0.181. The first-order valence-corrected chi connectivity index (χ1v) is 9.33. The van der Waals surface area contributed by atoms with Crippen LogP contribution in [0.2, 0.25) is 0 Å². The minimum Gasteiger partial charge on any atom is -0.464 e. The molecule has 1 aromatic carbocycles. The van der Waals surface area contributed by atoms with Crippen molar-refractivity contribution in [3.05, 3.63) is 35.9 Å². The van der Waals surface area contributed by atoms with E-state index in [-0.39, 0.29) is 39.1 Å². The van der Waals surface area contributed by atoms with Gasteiger partial charge in [0.2, 0.25) is 5.54 Å². The molecule has 1 atom stereocenters. The predicted octanol–water partition coefficient (Wildman–Crippen LogP) is 1.78. The molecule has 1 amide bonds. The molecule has 1 heterocycles. The number of carbonyl (C=O) groups is 3. The average molecular weight is 393 g/mol.